The standard InChI is InChI=1S/C17H21N7/c1-14-12-22(9-7-15-4-2-3-8-18-15)10-11-23(14)17-6-5-16-20-19-13-24(16)21-17/h2-6,8,13-14H,7,9-12H2,1H3/t14-/m1/s1. The van der Waals surface area contributed by atoms with Gasteiger partial charge in [0.15, 0.2) is 5.65 Å². The monoisotopic (exact) mass is 323 g/mol. The number of aromatic nitrogens is 5. The molecule has 1 aliphatic heterocycles. The molecule has 124 valence electrons. The molecule has 0 aliphatic carbocycles. The van der Waals surface area contributed by atoms with Crippen molar-refractivity contribution in [1.29, 1.82) is 0 Å². The molecule has 24 heavy (non-hydrogen) atoms. The highest BCUT2D eigenvalue weighted by Gasteiger charge is 2.24. The second-order valence-corrected chi connectivity index (χ2v) is 6.24. The van der Waals surface area contributed by atoms with Gasteiger partial charge in [-0.15, -0.1) is 15.3 Å². The minimum atomic E-state index is 0.420. The lowest BCUT2D eigenvalue weighted by Crippen LogP contribution is -2.52. The van der Waals surface area contributed by atoms with E-state index in [1.807, 2.05) is 24.4 Å². The lowest BCUT2D eigenvalue weighted by Gasteiger charge is -2.40. The summed E-state index contributed by atoms with van der Waals surface area (Å²) >= 11 is 0. The van der Waals surface area contributed by atoms with Crippen molar-refractivity contribution in [2.75, 3.05) is 31.1 Å². The highest BCUT2D eigenvalue weighted by atomic mass is 15.4. The molecule has 0 N–H and O–H groups in total. The van der Waals surface area contributed by atoms with E-state index in [0.717, 1.165) is 49.8 Å². The molecule has 0 saturated carbocycles. The van der Waals surface area contributed by atoms with Crippen LogP contribution >= 0.6 is 0 Å². The highest BCUT2D eigenvalue weighted by Crippen LogP contribution is 2.18. The zero-order valence-corrected chi connectivity index (χ0v) is 13.8. The Hall–Kier alpha value is -2.54. The van der Waals surface area contributed by atoms with E-state index in [1.165, 1.54) is 0 Å². The maximum atomic E-state index is 4.62. The van der Waals surface area contributed by atoms with Crippen molar-refractivity contribution in [1.82, 2.24) is 29.7 Å². The number of anilines is 1. The molecule has 7 heteroatoms. The topological polar surface area (TPSA) is 62.5 Å². The van der Waals surface area contributed by atoms with Gasteiger partial charge < -0.3 is 4.90 Å². The van der Waals surface area contributed by atoms with Crippen molar-refractivity contribution in [3.05, 3.63) is 48.5 Å². The van der Waals surface area contributed by atoms with E-state index in [1.54, 1.807) is 10.8 Å². The first-order valence-corrected chi connectivity index (χ1v) is 8.35. The first-order chi connectivity index (χ1) is 11.8. The zero-order chi connectivity index (χ0) is 16.4. The Morgan fingerprint density at radius 1 is 1.17 bits per heavy atom. The molecule has 3 aromatic heterocycles. The van der Waals surface area contributed by atoms with Crippen LogP contribution in [0.2, 0.25) is 0 Å². The van der Waals surface area contributed by atoms with Crippen LogP contribution in [0.3, 0.4) is 0 Å². The Morgan fingerprint density at radius 2 is 2.12 bits per heavy atom. The van der Waals surface area contributed by atoms with Crippen LogP contribution < -0.4 is 4.90 Å². The fourth-order valence-corrected chi connectivity index (χ4v) is 3.27. The van der Waals surface area contributed by atoms with E-state index < -0.39 is 0 Å². The normalized spacial score (nSPS) is 19.0. The van der Waals surface area contributed by atoms with Gasteiger partial charge in [0.25, 0.3) is 0 Å². The van der Waals surface area contributed by atoms with Gasteiger partial charge in [0.2, 0.25) is 0 Å². The second-order valence-electron chi connectivity index (χ2n) is 6.24. The SMILES string of the molecule is C[C@@H]1CN(CCc2ccccn2)CCN1c1ccc2nncn2n1. The maximum absolute atomic E-state index is 4.62. The Bertz CT molecular complexity index is 801. The number of pyridine rings is 1. The third kappa shape index (κ3) is 3.07. The van der Waals surface area contributed by atoms with Crippen LogP contribution in [0.25, 0.3) is 5.65 Å². The first kappa shape index (κ1) is 15.0. The summed E-state index contributed by atoms with van der Waals surface area (Å²) in [7, 11) is 0. The molecule has 4 heterocycles. The molecular formula is C17H21N7. The molecule has 0 spiro atoms. The molecule has 1 fully saturated rings. The fraction of sp³-hybridized carbons (Fsp3) is 0.412. The molecule has 1 atom stereocenters. The van der Waals surface area contributed by atoms with Crippen LogP contribution in [-0.4, -0.2) is 61.9 Å². The molecule has 0 unspecified atom stereocenters. The summed E-state index contributed by atoms with van der Waals surface area (Å²) in [5, 5.41) is 12.5. The number of hydrogen-bond acceptors (Lipinski definition) is 6. The van der Waals surface area contributed by atoms with Crippen LogP contribution in [0.4, 0.5) is 5.82 Å². The summed E-state index contributed by atoms with van der Waals surface area (Å²) in [6, 6.07) is 10.5. The van der Waals surface area contributed by atoms with Gasteiger partial charge in [-0.2, -0.15) is 4.52 Å². The van der Waals surface area contributed by atoms with Gasteiger partial charge in [0.1, 0.15) is 12.1 Å². The van der Waals surface area contributed by atoms with Gasteiger partial charge >= 0.3 is 0 Å². The van der Waals surface area contributed by atoms with Gasteiger partial charge in [-0.3, -0.25) is 9.88 Å². The lowest BCUT2D eigenvalue weighted by atomic mass is 10.1. The third-order valence-corrected chi connectivity index (χ3v) is 4.56. The Morgan fingerprint density at radius 3 is 2.96 bits per heavy atom. The highest BCUT2D eigenvalue weighted by molar-refractivity contribution is 5.46. The summed E-state index contributed by atoms with van der Waals surface area (Å²) in [6.45, 7) is 6.36. The summed E-state index contributed by atoms with van der Waals surface area (Å²) in [6.07, 6.45) is 4.51. The molecule has 7 nitrogen and oxygen atoms in total. The van der Waals surface area contributed by atoms with Gasteiger partial charge in [0, 0.05) is 50.5 Å². The zero-order valence-electron chi connectivity index (χ0n) is 13.8. The number of piperazine rings is 1. The molecule has 0 radical (unpaired) electrons. The van der Waals surface area contributed by atoms with Crippen molar-refractivity contribution in [2.24, 2.45) is 0 Å². The predicted octanol–water partition coefficient (Wildman–Crippen LogP) is 1.27. The molecule has 0 aromatic carbocycles. The summed E-state index contributed by atoms with van der Waals surface area (Å²) in [5.74, 6) is 0.985. The van der Waals surface area contributed by atoms with Crippen molar-refractivity contribution < 1.29 is 0 Å². The maximum Gasteiger partial charge on any atom is 0.177 e. The number of fused-ring (bicyclic) bond motifs is 1. The summed E-state index contributed by atoms with van der Waals surface area (Å²) in [4.78, 5) is 9.27. The average molecular weight is 323 g/mol. The van der Waals surface area contributed by atoms with Crippen LogP contribution in [0.5, 0.6) is 0 Å². The Kier molecular flexibility index (Phi) is 4.08. The van der Waals surface area contributed by atoms with Crippen LogP contribution in [0.1, 0.15) is 12.6 Å². The summed E-state index contributed by atoms with van der Waals surface area (Å²) < 4.78 is 1.73. The van der Waals surface area contributed by atoms with Crippen molar-refractivity contribution in [2.45, 2.75) is 19.4 Å². The van der Waals surface area contributed by atoms with E-state index in [2.05, 4.69) is 49.1 Å². The smallest absolute Gasteiger partial charge is 0.177 e. The number of rotatable bonds is 4. The van der Waals surface area contributed by atoms with Gasteiger partial charge in [0.05, 0.1) is 0 Å². The van der Waals surface area contributed by atoms with E-state index in [0.29, 0.717) is 6.04 Å². The lowest BCUT2D eigenvalue weighted by molar-refractivity contribution is 0.230. The van der Waals surface area contributed by atoms with Crippen molar-refractivity contribution in [3.8, 4) is 0 Å². The van der Waals surface area contributed by atoms with Crippen molar-refractivity contribution in [3.63, 3.8) is 0 Å². The van der Waals surface area contributed by atoms with E-state index in [9.17, 15) is 0 Å². The largest absolute Gasteiger partial charge is 0.350 e. The molecule has 1 aliphatic rings. The fourth-order valence-electron chi connectivity index (χ4n) is 3.27. The molecule has 1 saturated heterocycles. The minimum Gasteiger partial charge on any atom is -0.350 e. The quantitative estimate of drug-likeness (QED) is 0.721. The average Bonchev–Trinajstić information content (AvgIpc) is 3.08. The van der Waals surface area contributed by atoms with E-state index in [-0.39, 0.29) is 0 Å². The minimum absolute atomic E-state index is 0.420. The Labute approximate surface area is 140 Å². The van der Waals surface area contributed by atoms with Crippen molar-refractivity contribution >= 4 is 11.5 Å². The molecule has 4 rings (SSSR count). The third-order valence-electron chi connectivity index (χ3n) is 4.56. The Balaban J connectivity index is 1.39. The van der Waals surface area contributed by atoms with Crippen LogP contribution in [0.15, 0.2) is 42.9 Å². The number of nitrogens with zero attached hydrogens (tertiary/aromatic N) is 7. The van der Waals surface area contributed by atoms with E-state index in [4.69, 9.17) is 0 Å². The van der Waals surface area contributed by atoms with Gasteiger partial charge in [-0.25, -0.2) is 0 Å². The number of hydrogen-bond donors (Lipinski definition) is 0. The molecular weight excluding hydrogens is 302 g/mol. The van der Waals surface area contributed by atoms with Crippen LogP contribution in [0, 0.1) is 0 Å². The molecule has 0 bridgehead atoms. The summed E-state index contributed by atoms with van der Waals surface area (Å²) in [5.41, 5.74) is 1.94. The second kappa shape index (κ2) is 6.52. The van der Waals surface area contributed by atoms with Crippen LogP contribution in [-0.2, 0) is 6.42 Å². The van der Waals surface area contributed by atoms with E-state index >= 15 is 0 Å². The first-order valence-electron chi connectivity index (χ1n) is 8.35. The predicted molar refractivity (Wildman–Crippen MR) is 92.0 cm³/mol. The molecule has 3 aromatic rings. The molecule has 0 amide bonds. The van der Waals surface area contributed by atoms with Gasteiger partial charge in [-0.1, -0.05) is 6.07 Å². The van der Waals surface area contributed by atoms with Gasteiger partial charge in [-0.05, 0) is 31.2 Å².